The lowest BCUT2D eigenvalue weighted by Gasteiger charge is -2.35. The van der Waals surface area contributed by atoms with Crippen LogP contribution in [-0.2, 0) is 4.79 Å². The van der Waals surface area contributed by atoms with Crippen LogP contribution in [0.3, 0.4) is 0 Å². The molecule has 1 fully saturated rings. The molecule has 1 amide bonds. The first-order chi connectivity index (χ1) is 8.67. The number of piperazine rings is 1. The zero-order chi connectivity index (χ0) is 13.4. The SMILES string of the molecule is CCCCCC(=O)N1CCN(CC(C)CN)CC1. The molecular weight excluding hydrogens is 226 g/mol. The predicted molar refractivity (Wildman–Crippen MR) is 75.4 cm³/mol. The Morgan fingerprint density at radius 1 is 1.22 bits per heavy atom. The summed E-state index contributed by atoms with van der Waals surface area (Å²) in [6.45, 7) is 9.95. The summed E-state index contributed by atoms with van der Waals surface area (Å²) in [5.74, 6) is 0.895. The van der Waals surface area contributed by atoms with Crippen molar-refractivity contribution in [2.45, 2.75) is 39.5 Å². The third-order valence-electron chi connectivity index (χ3n) is 3.69. The van der Waals surface area contributed by atoms with Crippen molar-refractivity contribution in [1.82, 2.24) is 9.80 Å². The van der Waals surface area contributed by atoms with Crippen molar-refractivity contribution >= 4 is 5.91 Å². The largest absolute Gasteiger partial charge is 0.340 e. The first-order valence-corrected chi connectivity index (χ1v) is 7.37. The summed E-state index contributed by atoms with van der Waals surface area (Å²) in [7, 11) is 0. The van der Waals surface area contributed by atoms with Gasteiger partial charge in [-0.15, -0.1) is 0 Å². The van der Waals surface area contributed by atoms with E-state index in [1.165, 1.54) is 12.8 Å². The predicted octanol–water partition coefficient (Wildman–Crippen LogP) is 1.31. The Morgan fingerprint density at radius 3 is 2.44 bits per heavy atom. The van der Waals surface area contributed by atoms with Crippen molar-refractivity contribution in [3.05, 3.63) is 0 Å². The highest BCUT2D eigenvalue weighted by Crippen LogP contribution is 2.08. The topological polar surface area (TPSA) is 49.6 Å². The maximum Gasteiger partial charge on any atom is 0.222 e. The minimum Gasteiger partial charge on any atom is -0.340 e. The van der Waals surface area contributed by atoms with Gasteiger partial charge in [-0.1, -0.05) is 26.7 Å². The first kappa shape index (κ1) is 15.4. The van der Waals surface area contributed by atoms with Crippen LogP contribution < -0.4 is 5.73 Å². The molecule has 1 rings (SSSR count). The van der Waals surface area contributed by atoms with Crippen molar-refractivity contribution in [2.75, 3.05) is 39.3 Å². The Bertz CT molecular complexity index is 237. The van der Waals surface area contributed by atoms with Crippen LogP contribution in [0, 0.1) is 5.92 Å². The minimum atomic E-state index is 0.343. The third kappa shape index (κ3) is 5.36. The van der Waals surface area contributed by atoms with Gasteiger partial charge in [0, 0.05) is 39.1 Å². The highest BCUT2D eigenvalue weighted by molar-refractivity contribution is 5.76. The van der Waals surface area contributed by atoms with Crippen molar-refractivity contribution in [3.63, 3.8) is 0 Å². The summed E-state index contributed by atoms with van der Waals surface area (Å²) < 4.78 is 0. The normalized spacial score (nSPS) is 18.9. The standard InChI is InChI=1S/C14H29N3O/c1-3-4-5-6-14(18)17-9-7-16(8-10-17)12-13(2)11-15/h13H,3-12,15H2,1-2H3. The van der Waals surface area contributed by atoms with E-state index in [2.05, 4.69) is 18.7 Å². The van der Waals surface area contributed by atoms with Gasteiger partial charge in [0.05, 0.1) is 0 Å². The fourth-order valence-electron chi connectivity index (χ4n) is 2.38. The Balaban J connectivity index is 2.20. The molecule has 0 spiro atoms. The molecule has 0 aromatic rings. The van der Waals surface area contributed by atoms with Gasteiger partial charge in [-0.2, -0.15) is 0 Å². The number of hydrogen-bond donors (Lipinski definition) is 1. The molecule has 1 heterocycles. The van der Waals surface area contributed by atoms with E-state index in [1.54, 1.807) is 0 Å². The lowest BCUT2D eigenvalue weighted by atomic mass is 10.1. The number of nitrogens with zero attached hydrogens (tertiary/aromatic N) is 2. The van der Waals surface area contributed by atoms with Crippen LogP contribution in [0.15, 0.2) is 0 Å². The van der Waals surface area contributed by atoms with E-state index in [9.17, 15) is 4.79 Å². The Labute approximate surface area is 111 Å². The van der Waals surface area contributed by atoms with Crippen LogP contribution in [0.2, 0.25) is 0 Å². The Morgan fingerprint density at radius 2 is 1.89 bits per heavy atom. The number of rotatable bonds is 7. The second-order valence-electron chi connectivity index (χ2n) is 5.48. The summed E-state index contributed by atoms with van der Waals surface area (Å²) in [5, 5.41) is 0. The summed E-state index contributed by atoms with van der Waals surface area (Å²) in [4.78, 5) is 16.4. The molecule has 0 radical (unpaired) electrons. The quantitative estimate of drug-likeness (QED) is 0.698. The zero-order valence-corrected chi connectivity index (χ0v) is 12.0. The van der Waals surface area contributed by atoms with E-state index in [4.69, 9.17) is 5.73 Å². The van der Waals surface area contributed by atoms with Gasteiger partial charge < -0.3 is 10.6 Å². The molecule has 106 valence electrons. The van der Waals surface area contributed by atoms with Gasteiger partial charge in [0.15, 0.2) is 0 Å². The van der Waals surface area contributed by atoms with E-state index < -0.39 is 0 Å². The monoisotopic (exact) mass is 255 g/mol. The van der Waals surface area contributed by atoms with Crippen LogP contribution in [0.1, 0.15) is 39.5 Å². The number of unbranched alkanes of at least 4 members (excludes halogenated alkanes) is 2. The van der Waals surface area contributed by atoms with Crippen molar-refractivity contribution in [2.24, 2.45) is 11.7 Å². The minimum absolute atomic E-state index is 0.343. The van der Waals surface area contributed by atoms with E-state index >= 15 is 0 Å². The fourth-order valence-corrected chi connectivity index (χ4v) is 2.38. The first-order valence-electron chi connectivity index (χ1n) is 7.37. The van der Waals surface area contributed by atoms with Gasteiger partial charge >= 0.3 is 0 Å². The maximum absolute atomic E-state index is 11.9. The van der Waals surface area contributed by atoms with Gasteiger partial charge in [-0.25, -0.2) is 0 Å². The number of amides is 1. The molecule has 1 unspecified atom stereocenters. The van der Waals surface area contributed by atoms with E-state index in [0.29, 0.717) is 11.8 Å². The second-order valence-corrected chi connectivity index (χ2v) is 5.48. The van der Waals surface area contributed by atoms with Gasteiger partial charge in [0.25, 0.3) is 0 Å². The average molecular weight is 255 g/mol. The molecule has 0 saturated carbocycles. The summed E-state index contributed by atoms with van der Waals surface area (Å²) in [6, 6.07) is 0. The smallest absolute Gasteiger partial charge is 0.222 e. The van der Waals surface area contributed by atoms with E-state index in [1.807, 2.05) is 4.90 Å². The van der Waals surface area contributed by atoms with Gasteiger partial charge in [-0.05, 0) is 18.9 Å². The highest BCUT2D eigenvalue weighted by atomic mass is 16.2. The molecule has 1 aliphatic heterocycles. The molecule has 0 bridgehead atoms. The number of carbonyl (C=O) groups excluding carboxylic acids is 1. The lowest BCUT2D eigenvalue weighted by molar-refractivity contribution is -0.133. The molecule has 1 atom stereocenters. The van der Waals surface area contributed by atoms with Crippen LogP contribution in [0.5, 0.6) is 0 Å². The molecule has 18 heavy (non-hydrogen) atoms. The zero-order valence-electron chi connectivity index (χ0n) is 12.0. The molecule has 4 nitrogen and oxygen atoms in total. The summed E-state index contributed by atoms with van der Waals surface area (Å²) in [5.41, 5.74) is 5.64. The molecule has 0 aliphatic carbocycles. The summed E-state index contributed by atoms with van der Waals surface area (Å²) in [6.07, 6.45) is 4.12. The molecule has 4 heteroatoms. The van der Waals surface area contributed by atoms with Crippen LogP contribution in [0.4, 0.5) is 0 Å². The second kappa shape index (κ2) is 8.48. The lowest BCUT2D eigenvalue weighted by Crippen LogP contribution is -2.50. The van der Waals surface area contributed by atoms with Gasteiger partial charge in [-0.3, -0.25) is 9.69 Å². The van der Waals surface area contributed by atoms with Gasteiger partial charge in [0.2, 0.25) is 5.91 Å². The Kier molecular flexibility index (Phi) is 7.28. The van der Waals surface area contributed by atoms with E-state index in [0.717, 1.165) is 52.1 Å². The van der Waals surface area contributed by atoms with Crippen molar-refractivity contribution < 1.29 is 4.79 Å². The number of carbonyl (C=O) groups is 1. The van der Waals surface area contributed by atoms with Crippen molar-refractivity contribution in [1.29, 1.82) is 0 Å². The fraction of sp³-hybridized carbons (Fsp3) is 0.929. The van der Waals surface area contributed by atoms with Crippen LogP contribution >= 0.6 is 0 Å². The maximum atomic E-state index is 11.9. The van der Waals surface area contributed by atoms with Crippen LogP contribution in [0.25, 0.3) is 0 Å². The molecule has 2 N–H and O–H groups in total. The molecule has 1 saturated heterocycles. The highest BCUT2D eigenvalue weighted by Gasteiger charge is 2.21. The number of hydrogen-bond acceptors (Lipinski definition) is 3. The number of nitrogens with two attached hydrogens (primary N) is 1. The average Bonchev–Trinajstić information content (AvgIpc) is 2.39. The Hall–Kier alpha value is -0.610. The third-order valence-corrected chi connectivity index (χ3v) is 3.69. The van der Waals surface area contributed by atoms with E-state index in [-0.39, 0.29) is 0 Å². The molecule has 1 aliphatic rings. The van der Waals surface area contributed by atoms with Gasteiger partial charge in [0.1, 0.15) is 0 Å². The summed E-state index contributed by atoms with van der Waals surface area (Å²) >= 11 is 0. The van der Waals surface area contributed by atoms with Crippen molar-refractivity contribution in [3.8, 4) is 0 Å². The molecular formula is C14H29N3O. The molecule has 0 aromatic heterocycles. The van der Waals surface area contributed by atoms with Crippen LogP contribution in [-0.4, -0.2) is 55.0 Å². The molecule has 0 aromatic carbocycles.